The Morgan fingerprint density at radius 2 is 1.76 bits per heavy atom. The third kappa shape index (κ3) is 4.64. The van der Waals surface area contributed by atoms with E-state index in [0.29, 0.717) is 60.8 Å². The lowest BCUT2D eigenvalue weighted by molar-refractivity contribution is 0.0607. The first-order chi connectivity index (χ1) is 16.1. The van der Waals surface area contributed by atoms with E-state index in [9.17, 15) is 9.18 Å². The van der Waals surface area contributed by atoms with Crippen molar-refractivity contribution in [2.24, 2.45) is 0 Å². The molecular weight excluding hydrogens is 447 g/mol. The standard InChI is InChI=1S/C23H20ClFN6O2/c24-17-3-1-16(2-4-17)22-27-21(33-28-22)14-29-9-11-30(12-10-29)23(32)20-13-26-15-31(20)19-7-5-18(25)6-8-19/h1-8,13,15H,9-12,14H2. The molecule has 0 aliphatic carbocycles. The molecule has 8 nitrogen and oxygen atoms in total. The summed E-state index contributed by atoms with van der Waals surface area (Å²) in [6, 6.07) is 13.2. The molecule has 0 bridgehead atoms. The Morgan fingerprint density at radius 3 is 2.48 bits per heavy atom. The van der Waals surface area contributed by atoms with Crippen molar-refractivity contribution in [3.05, 3.63) is 83.5 Å². The molecular formula is C23H20ClFN6O2. The molecule has 33 heavy (non-hydrogen) atoms. The zero-order chi connectivity index (χ0) is 22.8. The summed E-state index contributed by atoms with van der Waals surface area (Å²) in [5.74, 6) is 0.599. The molecule has 2 aromatic carbocycles. The van der Waals surface area contributed by atoms with E-state index in [1.165, 1.54) is 18.3 Å². The van der Waals surface area contributed by atoms with Gasteiger partial charge in [0.05, 0.1) is 19.1 Å². The number of piperazine rings is 1. The van der Waals surface area contributed by atoms with E-state index in [1.54, 1.807) is 40.1 Å². The Hall–Kier alpha value is -3.56. The van der Waals surface area contributed by atoms with Gasteiger partial charge in [0, 0.05) is 42.5 Å². The first-order valence-corrected chi connectivity index (χ1v) is 10.8. The van der Waals surface area contributed by atoms with Crippen molar-refractivity contribution in [1.82, 2.24) is 29.5 Å². The topological polar surface area (TPSA) is 80.3 Å². The molecule has 0 spiro atoms. The van der Waals surface area contributed by atoms with Crippen molar-refractivity contribution in [2.75, 3.05) is 26.2 Å². The maximum absolute atomic E-state index is 13.2. The van der Waals surface area contributed by atoms with Gasteiger partial charge in [0.15, 0.2) is 0 Å². The molecule has 1 aliphatic rings. The SMILES string of the molecule is O=C(c1cncn1-c1ccc(F)cc1)N1CCN(Cc2nc(-c3ccc(Cl)cc3)no2)CC1. The van der Waals surface area contributed by atoms with Crippen LogP contribution >= 0.6 is 11.6 Å². The van der Waals surface area contributed by atoms with Crippen LogP contribution < -0.4 is 0 Å². The van der Waals surface area contributed by atoms with Crippen molar-refractivity contribution in [3.63, 3.8) is 0 Å². The van der Waals surface area contributed by atoms with Crippen LogP contribution in [-0.2, 0) is 6.54 Å². The zero-order valence-electron chi connectivity index (χ0n) is 17.6. The van der Waals surface area contributed by atoms with Gasteiger partial charge in [-0.2, -0.15) is 4.98 Å². The van der Waals surface area contributed by atoms with Crippen molar-refractivity contribution in [2.45, 2.75) is 6.54 Å². The molecule has 1 saturated heterocycles. The van der Waals surface area contributed by atoms with Gasteiger partial charge in [-0.25, -0.2) is 9.37 Å². The molecule has 5 rings (SSSR count). The molecule has 2 aromatic heterocycles. The summed E-state index contributed by atoms with van der Waals surface area (Å²) in [7, 11) is 0. The van der Waals surface area contributed by atoms with Crippen molar-refractivity contribution in [3.8, 4) is 17.1 Å². The van der Waals surface area contributed by atoms with Gasteiger partial charge in [-0.1, -0.05) is 16.8 Å². The molecule has 1 amide bonds. The number of rotatable bonds is 5. The highest BCUT2D eigenvalue weighted by Crippen LogP contribution is 2.20. The minimum Gasteiger partial charge on any atom is -0.338 e. The van der Waals surface area contributed by atoms with E-state index < -0.39 is 0 Å². The van der Waals surface area contributed by atoms with Gasteiger partial charge in [0.1, 0.15) is 11.5 Å². The Labute approximate surface area is 194 Å². The second kappa shape index (κ2) is 9.13. The third-order valence-electron chi connectivity index (χ3n) is 5.55. The number of benzene rings is 2. The fourth-order valence-corrected chi connectivity index (χ4v) is 3.88. The maximum Gasteiger partial charge on any atom is 0.272 e. The van der Waals surface area contributed by atoms with Crippen molar-refractivity contribution in [1.29, 1.82) is 0 Å². The quantitative estimate of drug-likeness (QED) is 0.446. The summed E-state index contributed by atoms with van der Waals surface area (Å²) in [6.07, 6.45) is 3.10. The first-order valence-electron chi connectivity index (χ1n) is 10.5. The molecule has 0 unspecified atom stereocenters. The average molecular weight is 467 g/mol. The second-order valence-electron chi connectivity index (χ2n) is 7.71. The number of nitrogens with zero attached hydrogens (tertiary/aromatic N) is 6. The number of hydrogen-bond acceptors (Lipinski definition) is 6. The minimum atomic E-state index is -0.329. The molecule has 1 aliphatic heterocycles. The summed E-state index contributed by atoms with van der Waals surface area (Å²) in [6.45, 7) is 2.98. The van der Waals surface area contributed by atoms with Gasteiger partial charge in [-0.15, -0.1) is 0 Å². The van der Waals surface area contributed by atoms with Gasteiger partial charge in [-0.3, -0.25) is 14.3 Å². The number of imidazole rings is 1. The predicted molar refractivity (Wildman–Crippen MR) is 119 cm³/mol. The van der Waals surface area contributed by atoms with E-state index in [1.807, 2.05) is 12.1 Å². The van der Waals surface area contributed by atoms with Gasteiger partial charge < -0.3 is 9.42 Å². The predicted octanol–water partition coefficient (Wildman–Crippen LogP) is 3.67. The highest BCUT2D eigenvalue weighted by molar-refractivity contribution is 6.30. The fourth-order valence-electron chi connectivity index (χ4n) is 3.76. The monoisotopic (exact) mass is 466 g/mol. The molecule has 168 valence electrons. The van der Waals surface area contributed by atoms with Crippen molar-refractivity contribution >= 4 is 17.5 Å². The van der Waals surface area contributed by atoms with E-state index in [0.717, 1.165) is 5.56 Å². The van der Waals surface area contributed by atoms with E-state index in [2.05, 4.69) is 20.0 Å². The number of halogens is 2. The highest BCUT2D eigenvalue weighted by Gasteiger charge is 2.25. The highest BCUT2D eigenvalue weighted by atomic mass is 35.5. The van der Waals surface area contributed by atoms with E-state index >= 15 is 0 Å². The summed E-state index contributed by atoms with van der Waals surface area (Å²) in [5, 5.41) is 4.70. The van der Waals surface area contributed by atoms with Crippen LogP contribution in [0.3, 0.4) is 0 Å². The largest absolute Gasteiger partial charge is 0.338 e. The third-order valence-corrected chi connectivity index (χ3v) is 5.80. The van der Waals surface area contributed by atoms with Gasteiger partial charge in [0.2, 0.25) is 11.7 Å². The molecule has 4 aromatic rings. The molecule has 0 radical (unpaired) electrons. The summed E-state index contributed by atoms with van der Waals surface area (Å²) in [4.78, 5) is 25.6. The average Bonchev–Trinajstić information content (AvgIpc) is 3.50. The Kier molecular flexibility index (Phi) is 5.89. The minimum absolute atomic E-state index is 0.112. The lowest BCUT2D eigenvalue weighted by atomic mass is 10.2. The molecule has 0 N–H and O–H groups in total. The van der Waals surface area contributed by atoms with Crippen LogP contribution in [0.4, 0.5) is 4.39 Å². The Morgan fingerprint density at radius 1 is 1.03 bits per heavy atom. The van der Waals surface area contributed by atoms with E-state index in [4.69, 9.17) is 16.1 Å². The lowest BCUT2D eigenvalue weighted by Crippen LogP contribution is -2.48. The van der Waals surface area contributed by atoms with E-state index in [-0.39, 0.29) is 11.7 Å². The zero-order valence-corrected chi connectivity index (χ0v) is 18.3. The van der Waals surface area contributed by atoms with Crippen LogP contribution in [0.1, 0.15) is 16.4 Å². The van der Waals surface area contributed by atoms with Crippen LogP contribution in [-0.4, -0.2) is 61.6 Å². The van der Waals surface area contributed by atoms with Crippen LogP contribution in [0.5, 0.6) is 0 Å². The first kappa shape index (κ1) is 21.3. The lowest BCUT2D eigenvalue weighted by Gasteiger charge is -2.34. The number of carbonyl (C=O) groups excluding carboxylic acids is 1. The number of hydrogen-bond donors (Lipinski definition) is 0. The van der Waals surface area contributed by atoms with Gasteiger partial charge in [0.25, 0.3) is 5.91 Å². The van der Waals surface area contributed by atoms with Gasteiger partial charge in [-0.05, 0) is 48.5 Å². The fraction of sp³-hybridized carbons (Fsp3) is 0.217. The second-order valence-corrected chi connectivity index (χ2v) is 8.15. The summed E-state index contributed by atoms with van der Waals surface area (Å²) in [5.41, 5.74) is 1.96. The molecule has 0 saturated carbocycles. The maximum atomic E-state index is 13.2. The van der Waals surface area contributed by atoms with Crippen LogP contribution in [0.15, 0.2) is 65.6 Å². The normalized spacial score (nSPS) is 14.5. The molecule has 1 fully saturated rings. The number of aromatic nitrogens is 4. The van der Waals surface area contributed by atoms with Crippen molar-refractivity contribution < 1.29 is 13.7 Å². The number of amides is 1. The molecule has 3 heterocycles. The van der Waals surface area contributed by atoms with Crippen LogP contribution in [0.2, 0.25) is 5.02 Å². The summed E-state index contributed by atoms with van der Waals surface area (Å²) < 4.78 is 20.3. The smallest absolute Gasteiger partial charge is 0.272 e. The Bertz CT molecular complexity index is 1250. The Balaban J connectivity index is 1.20. The van der Waals surface area contributed by atoms with Gasteiger partial charge >= 0.3 is 0 Å². The molecule has 10 heteroatoms. The molecule has 0 atom stereocenters. The summed E-state index contributed by atoms with van der Waals surface area (Å²) >= 11 is 5.93. The number of carbonyl (C=O) groups is 1. The van der Waals surface area contributed by atoms with Crippen LogP contribution in [0, 0.1) is 5.82 Å². The van der Waals surface area contributed by atoms with Crippen LogP contribution in [0.25, 0.3) is 17.1 Å².